The van der Waals surface area contributed by atoms with Crippen molar-refractivity contribution >= 4 is 29.9 Å². The third kappa shape index (κ3) is 5.13. The monoisotopic (exact) mass is 461 g/mol. The van der Waals surface area contributed by atoms with Gasteiger partial charge in [-0.2, -0.15) is 0 Å². The van der Waals surface area contributed by atoms with Crippen LogP contribution in [0.4, 0.5) is 0 Å². The highest BCUT2D eigenvalue weighted by atomic mass is 127. The Labute approximate surface area is 166 Å². The maximum absolute atomic E-state index is 5.85. The van der Waals surface area contributed by atoms with Crippen LogP contribution in [-0.4, -0.2) is 45.5 Å². The van der Waals surface area contributed by atoms with Gasteiger partial charge in [0.2, 0.25) is 0 Å². The molecule has 0 bridgehead atoms. The first-order valence-corrected chi connectivity index (χ1v) is 8.62. The number of nitrogens with zero attached hydrogens (tertiary/aromatic N) is 1. The first-order chi connectivity index (χ1) is 11.7. The van der Waals surface area contributed by atoms with Crippen molar-refractivity contribution in [2.45, 2.75) is 44.9 Å². The zero-order valence-corrected chi connectivity index (χ0v) is 17.5. The molecule has 0 saturated carbocycles. The Hall–Kier alpha value is -1.22. The standard InChI is InChI=1S/C18H27N3O3.HI/c1-12-7-13-8-16(22-3)14(9-17(13)24-12)10-20-18(19-2)21-11-15-5-4-6-23-15;/h8-9,12,15H,4-7,10-11H2,1-3H3,(H2,19,20,21);1H. The van der Waals surface area contributed by atoms with Gasteiger partial charge in [0, 0.05) is 44.3 Å². The van der Waals surface area contributed by atoms with E-state index in [-0.39, 0.29) is 36.2 Å². The fraction of sp³-hybridized carbons (Fsp3) is 0.611. The molecule has 1 aromatic rings. The van der Waals surface area contributed by atoms with Gasteiger partial charge in [-0.3, -0.25) is 4.99 Å². The van der Waals surface area contributed by atoms with Crippen LogP contribution in [0.25, 0.3) is 0 Å². The van der Waals surface area contributed by atoms with E-state index >= 15 is 0 Å². The number of nitrogens with one attached hydrogen (secondary N) is 2. The molecule has 1 aromatic carbocycles. The van der Waals surface area contributed by atoms with Crippen molar-refractivity contribution in [3.8, 4) is 11.5 Å². The second-order valence-corrected chi connectivity index (χ2v) is 6.35. The van der Waals surface area contributed by atoms with E-state index < -0.39 is 0 Å². The lowest BCUT2D eigenvalue weighted by Gasteiger charge is -2.16. The molecule has 0 aromatic heterocycles. The molecule has 2 aliphatic heterocycles. The predicted molar refractivity (Wildman–Crippen MR) is 109 cm³/mol. The largest absolute Gasteiger partial charge is 0.496 e. The normalized spacial score (nSPS) is 22.0. The van der Waals surface area contributed by atoms with Crippen molar-refractivity contribution in [1.82, 2.24) is 10.6 Å². The van der Waals surface area contributed by atoms with Gasteiger partial charge in [-0.1, -0.05) is 0 Å². The smallest absolute Gasteiger partial charge is 0.191 e. The molecule has 2 N–H and O–H groups in total. The maximum Gasteiger partial charge on any atom is 0.191 e. The molecule has 0 radical (unpaired) electrons. The number of ether oxygens (including phenoxy) is 3. The number of methoxy groups -OCH3 is 1. The molecule has 2 aliphatic rings. The number of hydrogen-bond donors (Lipinski definition) is 2. The summed E-state index contributed by atoms with van der Waals surface area (Å²) in [4.78, 5) is 4.27. The average molecular weight is 461 g/mol. The van der Waals surface area contributed by atoms with Gasteiger partial charge in [-0.25, -0.2) is 0 Å². The van der Waals surface area contributed by atoms with Crippen LogP contribution in [0.3, 0.4) is 0 Å². The summed E-state index contributed by atoms with van der Waals surface area (Å²) >= 11 is 0. The fourth-order valence-corrected chi connectivity index (χ4v) is 3.23. The maximum atomic E-state index is 5.85. The zero-order valence-electron chi connectivity index (χ0n) is 15.1. The molecular formula is C18H28IN3O3. The van der Waals surface area contributed by atoms with E-state index in [0.717, 1.165) is 55.4 Å². The summed E-state index contributed by atoms with van der Waals surface area (Å²) in [6, 6.07) is 4.15. The number of benzene rings is 1. The van der Waals surface area contributed by atoms with Crippen molar-refractivity contribution in [2.75, 3.05) is 27.3 Å². The lowest BCUT2D eigenvalue weighted by molar-refractivity contribution is 0.114. The molecule has 7 heteroatoms. The Morgan fingerprint density at radius 1 is 1.36 bits per heavy atom. The minimum absolute atomic E-state index is 0. The second kappa shape index (κ2) is 9.47. The number of halogens is 1. The fourth-order valence-electron chi connectivity index (χ4n) is 3.23. The van der Waals surface area contributed by atoms with Crippen molar-refractivity contribution < 1.29 is 14.2 Å². The summed E-state index contributed by atoms with van der Waals surface area (Å²) in [7, 11) is 3.48. The highest BCUT2D eigenvalue weighted by molar-refractivity contribution is 14.0. The predicted octanol–water partition coefficient (Wildman–Crippen LogP) is 2.48. The highest BCUT2D eigenvalue weighted by Crippen LogP contribution is 2.34. The van der Waals surface area contributed by atoms with Crippen molar-refractivity contribution in [1.29, 1.82) is 0 Å². The first kappa shape index (κ1) is 20.1. The molecule has 0 spiro atoms. The van der Waals surface area contributed by atoms with Crippen LogP contribution >= 0.6 is 24.0 Å². The lowest BCUT2D eigenvalue weighted by Crippen LogP contribution is -2.40. The molecule has 0 amide bonds. The Bertz CT molecular complexity index is 603. The molecule has 1 saturated heterocycles. The van der Waals surface area contributed by atoms with Gasteiger partial charge < -0.3 is 24.8 Å². The van der Waals surface area contributed by atoms with Crippen LogP contribution in [0.1, 0.15) is 30.9 Å². The van der Waals surface area contributed by atoms with Crippen LogP contribution in [0.2, 0.25) is 0 Å². The van der Waals surface area contributed by atoms with Crippen molar-refractivity contribution in [2.24, 2.45) is 4.99 Å². The number of guanidine groups is 1. The van der Waals surface area contributed by atoms with Gasteiger partial charge in [0.15, 0.2) is 5.96 Å². The number of rotatable bonds is 5. The van der Waals surface area contributed by atoms with E-state index in [2.05, 4.69) is 34.7 Å². The Morgan fingerprint density at radius 2 is 2.20 bits per heavy atom. The Kier molecular flexibility index (Phi) is 7.61. The minimum Gasteiger partial charge on any atom is -0.496 e. The van der Waals surface area contributed by atoms with E-state index in [1.54, 1.807) is 14.2 Å². The molecule has 6 nitrogen and oxygen atoms in total. The van der Waals surface area contributed by atoms with Crippen LogP contribution in [0, 0.1) is 0 Å². The molecule has 2 unspecified atom stereocenters. The van der Waals surface area contributed by atoms with Crippen molar-refractivity contribution in [3.05, 3.63) is 23.3 Å². The SMILES string of the molecule is CN=C(NCc1cc2c(cc1OC)CC(C)O2)NCC1CCCO1.I. The molecule has 2 heterocycles. The third-order valence-electron chi connectivity index (χ3n) is 4.49. The van der Waals surface area contributed by atoms with Crippen LogP contribution in [0.15, 0.2) is 17.1 Å². The number of hydrogen-bond acceptors (Lipinski definition) is 4. The average Bonchev–Trinajstić information content (AvgIpc) is 3.22. The zero-order chi connectivity index (χ0) is 16.9. The summed E-state index contributed by atoms with van der Waals surface area (Å²) in [6.07, 6.45) is 3.70. The van der Waals surface area contributed by atoms with Gasteiger partial charge in [0.25, 0.3) is 0 Å². The molecule has 3 rings (SSSR count). The van der Waals surface area contributed by atoms with Gasteiger partial charge in [-0.15, -0.1) is 24.0 Å². The molecule has 2 atom stereocenters. The first-order valence-electron chi connectivity index (χ1n) is 8.62. The summed E-state index contributed by atoms with van der Waals surface area (Å²) < 4.78 is 17.0. The molecule has 140 valence electrons. The molecular weight excluding hydrogens is 433 g/mol. The summed E-state index contributed by atoms with van der Waals surface area (Å²) in [5.74, 6) is 2.61. The summed E-state index contributed by atoms with van der Waals surface area (Å²) in [5, 5.41) is 6.65. The second-order valence-electron chi connectivity index (χ2n) is 6.35. The third-order valence-corrected chi connectivity index (χ3v) is 4.49. The van der Waals surface area contributed by atoms with Crippen LogP contribution in [0.5, 0.6) is 11.5 Å². The topological polar surface area (TPSA) is 64.1 Å². The quantitative estimate of drug-likeness (QED) is 0.401. The van der Waals surface area contributed by atoms with E-state index in [4.69, 9.17) is 14.2 Å². The van der Waals surface area contributed by atoms with Gasteiger partial charge >= 0.3 is 0 Å². The molecule has 0 aliphatic carbocycles. The number of aliphatic imine (C=N–C) groups is 1. The van der Waals surface area contributed by atoms with E-state index in [9.17, 15) is 0 Å². The van der Waals surface area contributed by atoms with Gasteiger partial charge in [0.1, 0.15) is 17.6 Å². The van der Waals surface area contributed by atoms with Gasteiger partial charge in [0.05, 0.1) is 13.2 Å². The minimum atomic E-state index is 0. The molecule has 1 fully saturated rings. The summed E-state index contributed by atoms with van der Waals surface area (Å²) in [6.45, 7) is 4.35. The van der Waals surface area contributed by atoms with Crippen LogP contribution in [-0.2, 0) is 17.7 Å². The number of fused-ring (bicyclic) bond motifs is 1. The van der Waals surface area contributed by atoms with E-state index in [1.165, 1.54) is 5.56 Å². The van der Waals surface area contributed by atoms with Crippen molar-refractivity contribution in [3.63, 3.8) is 0 Å². The lowest BCUT2D eigenvalue weighted by atomic mass is 10.1. The molecule has 25 heavy (non-hydrogen) atoms. The Balaban J connectivity index is 0.00000225. The highest BCUT2D eigenvalue weighted by Gasteiger charge is 2.22. The summed E-state index contributed by atoms with van der Waals surface area (Å²) in [5.41, 5.74) is 2.27. The Morgan fingerprint density at radius 3 is 2.88 bits per heavy atom. The van der Waals surface area contributed by atoms with Gasteiger partial charge in [-0.05, 0) is 31.9 Å². The van der Waals surface area contributed by atoms with E-state index in [0.29, 0.717) is 6.54 Å². The van der Waals surface area contributed by atoms with E-state index in [1.807, 2.05) is 0 Å². The van der Waals surface area contributed by atoms with Crippen LogP contribution < -0.4 is 20.1 Å².